The molecule has 1 rings (SSSR count). The number of nitrogens with zero attached hydrogens (tertiary/aromatic N) is 2. The van der Waals surface area contributed by atoms with Crippen molar-refractivity contribution >= 4 is 0 Å². The second kappa shape index (κ2) is 4.77. The van der Waals surface area contributed by atoms with Crippen molar-refractivity contribution in [3.05, 3.63) is 0 Å². The number of likely N-dealkylation sites (N-methyl/N-ethyl adjacent to an activating group) is 1. The molecule has 3 nitrogen and oxygen atoms in total. The third-order valence-electron chi connectivity index (χ3n) is 3.00. The second-order valence-corrected chi connectivity index (χ2v) is 4.72. The van der Waals surface area contributed by atoms with E-state index >= 15 is 0 Å². The number of hydrogen-bond donors (Lipinski definition) is 1. The SMILES string of the molecule is CN(C)CC(O)CC1(C#N)CCCC1. The van der Waals surface area contributed by atoms with Crippen molar-refractivity contribution in [3.8, 4) is 6.07 Å². The molecule has 0 aromatic heterocycles. The first-order valence-corrected chi connectivity index (χ1v) is 5.32. The molecule has 1 unspecified atom stereocenters. The Bertz CT molecular complexity index is 214. The van der Waals surface area contributed by atoms with Gasteiger partial charge in [-0.2, -0.15) is 5.26 Å². The van der Waals surface area contributed by atoms with Crippen LogP contribution in [-0.4, -0.2) is 36.8 Å². The van der Waals surface area contributed by atoms with Gasteiger partial charge in [-0.3, -0.25) is 0 Å². The molecule has 0 saturated heterocycles. The minimum absolute atomic E-state index is 0.227. The van der Waals surface area contributed by atoms with E-state index in [0.717, 1.165) is 25.7 Å². The van der Waals surface area contributed by atoms with Crippen molar-refractivity contribution < 1.29 is 5.11 Å². The molecular weight excluding hydrogens is 176 g/mol. The van der Waals surface area contributed by atoms with Gasteiger partial charge in [-0.25, -0.2) is 0 Å². The molecule has 80 valence electrons. The van der Waals surface area contributed by atoms with E-state index in [-0.39, 0.29) is 11.5 Å². The summed E-state index contributed by atoms with van der Waals surface area (Å²) in [5, 5.41) is 18.9. The summed E-state index contributed by atoms with van der Waals surface area (Å²) in [5.41, 5.74) is -0.227. The van der Waals surface area contributed by atoms with E-state index < -0.39 is 0 Å². The maximum Gasteiger partial charge on any atom is 0.0690 e. The number of aliphatic hydroxyl groups excluding tert-OH is 1. The molecule has 0 heterocycles. The fourth-order valence-electron chi connectivity index (χ4n) is 2.35. The van der Waals surface area contributed by atoms with Gasteiger partial charge >= 0.3 is 0 Å². The predicted octanol–water partition coefficient (Wildman–Crippen LogP) is 1.38. The molecule has 0 aromatic carbocycles. The average Bonchev–Trinajstić information content (AvgIpc) is 2.52. The van der Waals surface area contributed by atoms with Crippen LogP contribution in [0.15, 0.2) is 0 Å². The van der Waals surface area contributed by atoms with E-state index in [9.17, 15) is 5.11 Å². The fraction of sp³-hybridized carbons (Fsp3) is 0.909. The number of nitriles is 1. The van der Waals surface area contributed by atoms with E-state index in [2.05, 4.69) is 6.07 Å². The molecule has 1 atom stereocenters. The van der Waals surface area contributed by atoms with Crippen LogP contribution in [0.2, 0.25) is 0 Å². The van der Waals surface area contributed by atoms with Gasteiger partial charge in [0.2, 0.25) is 0 Å². The first-order valence-electron chi connectivity index (χ1n) is 5.32. The zero-order valence-electron chi connectivity index (χ0n) is 9.16. The highest BCUT2D eigenvalue weighted by Gasteiger charge is 2.35. The van der Waals surface area contributed by atoms with Gasteiger partial charge < -0.3 is 10.0 Å². The van der Waals surface area contributed by atoms with Crippen LogP contribution in [0, 0.1) is 16.7 Å². The molecule has 1 fully saturated rings. The van der Waals surface area contributed by atoms with Crippen molar-refractivity contribution in [1.82, 2.24) is 4.90 Å². The highest BCUT2D eigenvalue weighted by molar-refractivity contribution is 5.03. The fourth-order valence-corrected chi connectivity index (χ4v) is 2.35. The van der Waals surface area contributed by atoms with Crippen molar-refractivity contribution in [3.63, 3.8) is 0 Å². The lowest BCUT2D eigenvalue weighted by molar-refractivity contribution is 0.0952. The van der Waals surface area contributed by atoms with Crippen molar-refractivity contribution in [2.24, 2.45) is 5.41 Å². The van der Waals surface area contributed by atoms with Crippen LogP contribution < -0.4 is 0 Å². The first kappa shape index (κ1) is 11.5. The molecule has 1 aliphatic rings. The topological polar surface area (TPSA) is 47.3 Å². The van der Waals surface area contributed by atoms with Crippen molar-refractivity contribution in [2.75, 3.05) is 20.6 Å². The molecule has 14 heavy (non-hydrogen) atoms. The molecule has 1 aliphatic carbocycles. The summed E-state index contributed by atoms with van der Waals surface area (Å²) in [4.78, 5) is 1.96. The normalized spacial score (nSPS) is 22.2. The summed E-state index contributed by atoms with van der Waals surface area (Å²) >= 11 is 0. The van der Waals surface area contributed by atoms with Crippen LogP contribution in [0.4, 0.5) is 0 Å². The molecule has 0 amide bonds. The minimum atomic E-state index is -0.359. The van der Waals surface area contributed by atoms with Gasteiger partial charge in [0, 0.05) is 6.54 Å². The minimum Gasteiger partial charge on any atom is -0.392 e. The zero-order valence-corrected chi connectivity index (χ0v) is 9.16. The van der Waals surface area contributed by atoms with E-state index in [1.165, 1.54) is 0 Å². The maximum atomic E-state index is 9.78. The van der Waals surface area contributed by atoms with Crippen LogP contribution >= 0.6 is 0 Å². The predicted molar refractivity (Wildman–Crippen MR) is 55.7 cm³/mol. The monoisotopic (exact) mass is 196 g/mol. The second-order valence-electron chi connectivity index (χ2n) is 4.72. The molecule has 0 bridgehead atoms. The molecule has 0 spiro atoms. The summed E-state index contributed by atoms with van der Waals surface area (Å²) in [5.74, 6) is 0. The molecule has 0 radical (unpaired) electrons. The highest BCUT2D eigenvalue weighted by Crippen LogP contribution is 2.41. The Morgan fingerprint density at radius 1 is 1.43 bits per heavy atom. The first-order chi connectivity index (χ1) is 6.58. The zero-order chi connectivity index (χ0) is 10.6. The number of aliphatic hydroxyl groups is 1. The van der Waals surface area contributed by atoms with Gasteiger partial charge in [-0.15, -0.1) is 0 Å². The van der Waals surface area contributed by atoms with E-state index in [1.54, 1.807) is 0 Å². The standard InChI is InChI=1S/C11H20N2O/c1-13(2)8-10(14)7-11(9-12)5-3-4-6-11/h10,14H,3-8H2,1-2H3. The van der Waals surface area contributed by atoms with Crippen LogP contribution in [-0.2, 0) is 0 Å². The maximum absolute atomic E-state index is 9.78. The van der Waals surface area contributed by atoms with Gasteiger partial charge in [0.1, 0.15) is 0 Å². The Kier molecular flexibility index (Phi) is 3.91. The largest absolute Gasteiger partial charge is 0.392 e. The smallest absolute Gasteiger partial charge is 0.0690 e. The average molecular weight is 196 g/mol. The van der Waals surface area contributed by atoms with Crippen molar-refractivity contribution in [1.29, 1.82) is 5.26 Å². The van der Waals surface area contributed by atoms with Crippen LogP contribution in [0.3, 0.4) is 0 Å². The molecule has 0 aliphatic heterocycles. The summed E-state index contributed by atoms with van der Waals surface area (Å²) in [6.45, 7) is 0.656. The van der Waals surface area contributed by atoms with Gasteiger partial charge in [0.25, 0.3) is 0 Å². The Labute approximate surface area is 86.3 Å². The number of hydrogen-bond acceptors (Lipinski definition) is 3. The molecule has 0 aromatic rings. The number of rotatable bonds is 4. The van der Waals surface area contributed by atoms with Gasteiger partial charge in [-0.05, 0) is 33.4 Å². The van der Waals surface area contributed by atoms with Crippen LogP contribution in [0.1, 0.15) is 32.1 Å². The summed E-state index contributed by atoms with van der Waals surface area (Å²) in [7, 11) is 3.88. The third kappa shape index (κ3) is 2.97. The Hall–Kier alpha value is -0.590. The summed E-state index contributed by atoms with van der Waals surface area (Å²) in [6, 6.07) is 2.40. The summed E-state index contributed by atoms with van der Waals surface area (Å²) < 4.78 is 0. The van der Waals surface area contributed by atoms with Gasteiger partial charge in [0.05, 0.1) is 17.6 Å². The van der Waals surface area contributed by atoms with Gasteiger partial charge in [0.15, 0.2) is 0 Å². The third-order valence-corrected chi connectivity index (χ3v) is 3.00. The molecular formula is C11H20N2O. The van der Waals surface area contributed by atoms with E-state index in [0.29, 0.717) is 13.0 Å². The van der Waals surface area contributed by atoms with Crippen LogP contribution in [0.5, 0.6) is 0 Å². The molecule has 1 N–H and O–H groups in total. The lowest BCUT2D eigenvalue weighted by atomic mass is 9.82. The molecule has 3 heteroatoms. The molecule has 1 saturated carbocycles. The lowest BCUT2D eigenvalue weighted by Gasteiger charge is -2.25. The Balaban J connectivity index is 2.45. The van der Waals surface area contributed by atoms with E-state index in [1.807, 2.05) is 19.0 Å². The highest BCUT2D eigenvalue weighted by atomic mass is 16.3. The lowest BCUT2D eigenvalue weighted by Crippen LogP contribution is -2.31. The quantitative estimate of drug-likeness (QED) is 0.739. The van der Waals surface area contributed by atoms with E-state index in [4.69, 9.17) is 5.26 Å². The van der Waals surface area contributed by atoms with Crippen LogP contribution in [0.25, 0.3) is 0 Å². The Morgan fingerprint density at radius 3 is 2.43 bits per heavy atom. The Morgan fingerprint density at radius 2 is 2.00 bits per heavy atom. The van der Waals surface area contributed by atoms with Crippen molar-refractivity contribution in [2.45, 2.75) is 38.2 Å². The summed E-state index contributed by atoms with van der Waals surface area (Å²) in [6.07, 6.45) is 4.50. The van der Waals surface area contributed by atoms with Gasteiger partial charge in [-0.1, -0.05) is 12.8 Å².